The average Bonchev–Trinajstić information content (AvgIpc) is 2.43. The molecule has 106 valence electrons. The van der Waals surface area contributed by atoms with Crippen LogP contribution in [0.25, 0.3) is 0 Å². The van der Waals surface area contributed by atoms with E-state index < -0.39 is 0 Å². The standard InChI is InChI=1S/C14H20BrNO3/c1-3-19-8-4-7-16-10-12-6-5-11(9-13(12)15)14(17)18-2/h5-6,9,16H,3-4,7-8,10H2,1-2H3. The van der Waals surface area contributed by atoms with Gasteiger partial charge in [-0.05, 0) is 37.6 Å². The second-order valence-corrected chi connectivity index (χ2v) is 4.88. The Morgan fingerprint density at radius 2 is 2.21 bits per heavy atom. The van der Waals surface area contributed by atoms with E-state index in [1.54, 1.807) is 12.1 Å². The zero-order valence-corrected chi connectivity index (χ0v) is 13.0. The number of carbonyl (C=O) groups is 1. The molecule has 5 heteroatoms. The molecule has 0 saturated carbocycles. The van der Waals surface area contributed by atoms with E-state index >= 15 is 0 Å². The first kappa shape index (κ1) is 16.1. The summed E-state index contributed by atoms with van der Waals surface area (Å²) in [5, 5.41) is 3.34. The molecule has 0 heterocycles. The van der Waals surface area contributed by atoms with Crippen LogP contribution < -0.4 is 5.32 Å². The number of hydrogen-bond acceptors (Lipinski definition) is 4. The highest BCUT2D eigenvalue weighted by molar-refractivity contribution is 9.10. The molecule has 0 aliphatic heterocycles. The van der Waals surface area contributed by atoms with Crippen LogP contribution >= 0.6 is 15.9 Å². The maximum Gasteiger partial charge on any atom is 0.337 e. The van der Waals surface area contributed by atoms with Gasteiger partial charge >= 0.3 is 5.97 Å². The smallest absolute Gasteiger partial charge is 0.337 e. The Balaban J connectivity index is 2.40. The molecule has 1 aromatic rings. The summed E-state index contributed by atoms with van der Waals surface area (Å²) in [6, 6.07) is 5.47. The molecule has 0 aliphatic carbocycles. The van der Waals surface area contributed by atoms with Gasteiger partial charge in [0.05, 0.1) is 12.7 Å². The minimum absolute atomic E-state index is 0.322. The number of carbonyl (C=O) groups excluding carboxylic acids is 1. The first-order chi connectivity index (χ1) is 9.19. The molecular weight excluding hydrogens is 310 g/mol. The highest BCUT2D eigenvalue weighted by Crippen LogP contribution is 2.19. The van der Waals surface area contributed by atoms with Gasteiger partial charge in [0.15, 0.2) is 0 Å². The van der Waals surface area contributed by atoms with Gasteiger partial charge in [-0.25, -0.2) is 4.79 Å². The van der Waals surface area contributed by atoms with E-state index in [0.717, 1.165) is 42.8 Å². The number of methoxy groups -OCH3 is 1. The van der Waals surface area contributed by atoms with Crippen molar-refractivity contribution in [3.05, 3.63) is 33.8 Å². The van der Waals surface area contributed by atoms with Crippen molar-refractivity contribution in [3.63, 3.8) is 0 Å². The van der Waals surface area contributed by atoms with Gasteiger partial charge in [0.1, 0.15) is 0 Å². The molecule has 4 nitrogen and oxygen atoms in total. The number of benzene rings is 1. The van der Waals surface area contributed by atoms with Crippen LogP contribution in [-0.2, 0) is 16.0 Å². The molecule has 1 N–H and O–H groups in total. The maximum atomic E-state index is 11.4. The van der Waals surface area contributed by atoms with Crippen molar-refractivity contribution in [2.24, 2.45) is 0 Å². The van der Waals surface area contributed by atoms with Crippen molar-refractivity contribution in [1.82, 2.24) is 5.32 Å². The molecule has 0 fully saturated rings. The van der Waals surface area contributed by atoms with Crippen LogP contribution in [0.2, 0.25) is 0 Å². The molecule has 0 spiro atoms. The monoisotopic (exact) mass is 329 g/mol. The summed E-state index contributed by atoms with van der Waals surface area (Å²) < 4.78 is 10.9. The number of hydrogen-bond donors (Lipinski definition) is 1. The Labute approximate surface area is 122 Å². The summed E-state index contributed by atoms with van der Waals surface area (Å²) in [4.78, 5) is 11.4. The molecule has 0 bridgehead atoms. The molecule has 0 aromatic heterocycles. The molecule has 1 rings (SSSR count). The highest BCUT2D eigenvalue weighted by atomic mass is 79.9. The Morgan fingerprint density at radius 1 is 1.42 bits per heavy atom. The van der Waals surface area contributed by atoms with Gasteiger partial charge in [0.25, 0.3) is 0 Å². The van der Waals surface area contributed by atoms with E-state index in [0.29, 0.717) is 5.56 Å². The summed E-state index contributed by atoms with van der Waals surface area (Å²) >= 11 is 3.47. The minimum Gasteiger partial charge on any atom is -0.465 e. The van der Waals surface area contributed by atoms with Crippen molar-refractivity contribution < 1.29 is 14.3 Å². The number of esters is 1. The Morgan fingerprint density at radius 3 is 2.84 bits per heavy atom. The van der Waals surface area contributed by atoms with Crippen molar-refractivity contribution in [3.8, 4) is 0 Å². The fourth-order valence-electron chi connectivity index (χ4n) is 1.60. The van der Waals surface area contributed by atoms with Gasteiger partial charge < -0.3 is 14.8 Å². The molecule has 0 saturated heterocycles. The fraction of sp³-hybridized carbons (Fsp3) is 0.500. The second kappa shape index (κ2) is 9.07. The van der Waals surface area contributed by atoms with Gasteiger partial charge in [-0.15, -0.1) is 0 Å². The summed E-state index contributed by atoms with van der Waals surface area (Å²) in [5.74, 6) is -0.322. The van der Waals surface area contributed by atoms with Crippen LogP contribution in [-0.4, -0.2) is 32.8 Å². The van der Waals surface area contributed by atoms with Gasteiger partial charge in [-0.1, -0.05) is 22.0 Å². The molecule has 19 heavy (non-hydrogen) atoms. The molecule has 1 aromatic carbocycles. The number of rotatable bonds is 8. The lowest BCUT2D eigenvalue weighted by molar-refractivity contribution is 0.0600. The zero-order chi connectivity index (χ0) is 14.1. The van der Waals surface area contributed by atoms with E-state index in [2.05, 4.69) is 26.0 Å². The highest BCUT2D eigenvalue weighted by Gasteiger charge is 2.07. The van der Waals surface area contributed by atoms with Gasteiger partial charge in [0, 0.05) is 24.2 Å². The fourth-order valence-corrected chi connectivity index (χ4v) is 2.12. The van der Waals surface area contributed by atoms with E-state index in [4.69, 9.17) is 4.74 Å². The van der Waals surface area contributed by atoms with E-state index in [1.807, 2.05) is 13.0 Å². The largest absolute Gasteiger partial charge is 0.465 e. The average molecular weight is 330 g/mol. The van der Waals surface area contributed by atoms with E-state index in [9.17, 15) is 4.79 Å². The van der Waals surface area contributed by atoms with E-state index in [1.165, 1.54) is 7.11 Å². The van der Waals surface area contributed by atoms with Crippen LogP contribution in [0, 0.1) is 0 Å². The summed E-state index contributed by atoms with van der Waals surface area (Å²) in [6.07, 6.45) is 0.992. The third-order valence-corrected chi connectivity index (χ3v) is 3.37. The zero-order valence-electron chi connectivity index (χ0n) is 11.4. The van der Waals surface area contributed by atoms with Crippen LogP contribution in [0.15, 0.2) is 22.7 Å². The van der Waals surface area contributed by atoms with Gasteiger partial charge in [-0.3, -0.25) is 0 Å². The molecule has 0 amide bonds. The lowest BCUT2D eigenvalue weighted by Crippen LogP contribution is -2.17. The quantitative estimate of drug-likeness (QED) is 0.588. The van der Waals surface area contributed by atoms with Gasteiger partial charge in [-0.2, -0.15) is 0 Å². The van der Waals surface area contributed by atoms with Crippen LogP contribution in [0.5, 0.6) is 0 Å². The normalized spacial score (nSPS) is 10.5. The molecule has 0 aliphatic rings. The lowest BCUT2D eigenvalue weighted by Gasteiger charge is -2.08. The minimum atomic E-state index is -0.322. The third-order valence-electron chi connectivity index (χ3n) is 2.64. The van der Waals surface area contributed by atoms with Gasteiger partial charge in [0.2, 0.25) is 0 Å². The Kier molecular flexibility index (Phi) is 7.70. The van der Waals surface area contributed by atoms with Crippen molar-refractivity contribution in [2.45, 2.75) is 19.9 Å². The molecule has 0 unspecified atom stereocenters. The van der Waals surface area contributed by atoms with Crippen LogP contribution in [0.4, 0.5) is 0 Å². The summed E-state index contributed by atoms with van der Waals surface area (Å²) in [5.41, 5.74) is 1.67. The van der Waals surface area contributed by atoms with Crippen molar-refractivity contribution >= 4 is 21.9 Å². The Hall–Kier alpha value is -0.910. The maximum absolute atomic E-state index is 11.4. The van der Waals surface area contributed by atoms with Crippen molar-refractivity contribution in [1.29, 1.82) is 0 Å². The number of halogens is 1. The first-order valence-corrected chi connectivity index (χ1v) is 7.13. The summed E-state index contributed by atoms with van der Waals surface area (Å²) in [6.45, 7) is 5.21. The number of ether oxygens (including phenoxy) is 2. The van der Waals surface area contributed by atoms with Crippen LogP contribution in [0.3, 0.4) is 0 Å². The second-order valence-electron chi connectivity index (χ2n) is 4.03. The predicted octanol–water partition coefficient (Wildman–Crippen LogP) is 2.75. The third kappa shape index (κ3) is 5.72. The molecule has 0 radical (unpaired) electrons. The SMILES string of the molecule is CCOCCCNCc1ccc(C(=O)OC)cc1Br. The summed E-state index contributed by atoms with van der Waals surface area (Å²) in [7, 11) is 1.38. The molecule has 0 atom stereocenters. The van der Waals surface area contributed by atoms with Crippen LogP contribution in [0.1, 0.15) is 29.3 Å². The van der Waals surface area contributed by atoms with E-state index in [-0.39, 0.29) is 5.97 Å². The topological polar surface area (TPSA) is 47.6 Å². The lowest BCUT2D eigenvalue weighted by atomic mass is 10.1. The van der Waals surface area contributed by atoms with Crippen molar-refractivity contribution in [2.75, 3.05) is 26.9 Å². The molecular formula is C14H20BrNO3. The number of nitrogens with one attached hydrogen (secondary N) is 1. The predicted molar refractivity (Wildman–Crippen MR) is 78.3 cm³/mol. The first-order valence-electron chi connectivity index (χ1n) is 6.34. The Bertz CT molecular complexity index is 410.